The lowest BCUT2D eigenvalue weighted by atomic mass is 9.86. The summed E-state index contributed by atoms with van der Waals surface area (Å²) in [6.07, 6.45) is 1.11. The molecule has 13 nitrogen and oxygen atoms in total. The van der Waals surface area contributed by atoms with Gasteiger partial charge in [-0.1, -0.05) is 91.0 Å². The third kappa shape index (κ3) is 10.8. The molecule has 2 saturated heterocycles. The number of fused-ring (bicyclic) bond motifs is 1. The molecule has 2 atom stereocenters. The second kappa shape index (κ2) is 20.5. The normalized spacial score (nSPS) is 16.1. The number of piperidine rings is 1. The van der Waals surface area contributed by atoms with Gasteiger partial charge in [-0.25, -0.2) is 4.79 Å². The van der Waals surface area contributed by atoms with Crippen molar-refractivity contribution in [2.45, 2.75) is 44.1 Å². The number of aliphatic hydroxyl groups is 2. The third-order valence-corrected chi connectivity index (χ3v) is 12.4. The van der Waals surface area contributed by atoms with Crippen molar-refractivity contribution in [1.29, 1.82) is 0 Å². The van der Waals surface area contributed by atoms with Gasteiger partial charge in [0.15, 0.2) is 5.78 Å². The van der Waals surface area contributed by atoms with Crippen LogP contribution in [0.4, 0.5) is 0 Å². The highest BCUT2D eigenvalue weighted by Gasteiger charge is 2.42. The van der Waals surface area contributed by atoms with Gasteiger partial charge in [-0.3, -0.25) is 19.3 Å². The Bertz CT molecular complexity index is 2640. The number of hydrogen-bond donors (Lipinski definition) is 5. The number of Topliss-reactive ketones (excluding diaryl/α,β-unsaturated/α-hetero) is 1. The molecule has 0 radical (unpaired) electrons. The van der Waals surface area contributed by atoms with Gasteiger partial charge in [0.2, 0.25) is 11.2 Å². The van der Waals surface area contributed by atoms with Crippen molar-refractivity contribution in [3.05, 3.63) is 177 Å². The Morgan fingerprint density at radius 2 is 1.51 bits per heavy atom. The van der Waals surface area contributed by atoms with E-state index < -0.39 is 17.7 Å². The SMILES string of the molecule is O=C(COc1cccc([C@](O)(C(=O)OCC2CCN(Cc3ccccc3)CC2)c2ccccc2)c1)CC1CN(C(=O)c2ccc(CNC[C@H](O)c3ccc(O)c4[nH]c(=O)ccc34)cc2)C1. The van der Waals surface area contributed by atoms with E-state index >= 15 is 0 Å². The molecule has 2 aliphatic rings. The van der Waals surface area contributed by atoms with Crippen LogP contribution >= 0.6 is 0 Å². The Morgan fingerprint density at radius 1 is 0.800 bits per heavy atom. The molecule has 0 unspecified atom stereocenters. The van der Waals surface area contributed by atoms with E-state index in [1.807, 2.05) is 36.4 Å². The van der Waals surface area contributed by atoms with Crippen LogP contribution in [0.15, 0.2) is 138 Å². The van der Waals surface area contributed by atoms with Crippen LogP contribution < -0.4 is 15.6 Å². The van der Waals surface area contributed by atoms with Crippen molar-refractivity contribution in [3.63, 3.8) is 0 Å². The summed E-state index contributed by atoms with van der Waals surface area (Å²) < 4.78 is 11.8. The van der Waals surface area contributed by atoms with E-state index in [-0.39, 0.29) is 72.1 Å². The molecular formula is C52H54N4O9. The Kier molecular flexibility index (Phi) is 14.2. The highest BCUT2D eigenvalue weighted by atomic mass is 16.5. The number of benzene rings is 5. The number of aromatic amines is 1. The number of H-pyrrole nitrogens is 1. The van der Waals surface area contributed by atoms with Crippen LogP contribution in [0.2, 0.25) is 0 Å². The average molecular weight is 879 g/mol. The van der Waals surface area contributed by atoms with Gasteiger partial charge in [-0.2, -0.15) is 0 Å². The van der Waals surface area contributed by atoms with Crippen LogP contribution in [0, 0.1) is 11.8 Å². The summed E-state index contributed by atoms with van der Waals surface area (Å²) in [5.41, 5.74) is 1.75. The molecule has 8 rings (SSSR count). The lowest BCUT2D eigenvalue weighted by Crippen LogP contribution is -2.50. The Hall–Kier alpha value is -6.64. The minimum Gasteiger partial charge on any atom is -0.506 e. The third-order valence-electron chi connectivity index (χ3n) is 12.4. The molecule has 0 bridgehead atoms. The topological polar surface area (TPSA) is 182 Å². The summed E-state index contributed by atoms with van der Waals surface area (Å²) in [5.74, 6) is -0.588. The number of nitrogens with zero attached hydrogens (tertiary/aromatic N) is 2. The minimum absolute atomic E-state index is 0.00345. The minimum atomic E-state index is -2.10. The van der Waals surface area contributed by atoms with Gasteiger partial charge in [0.05, 0.1) is 18.2 Å². The van der Waals surface area contributed by atoms with Crippen molar-refractivity contribution in [2.24, 2.45) is 11.8 Å². The summed E-state index contributed by atoms with van der Waals surface area (Å²) >= 11 is 0. The number of amides is 1. The van der Waals surface area contributed by atoms with Crippen LogP contribution in [-0.2, 0) is 33.0 Å². The molecule has 5 aromatic carbocycles. The van der Waals surface area contributed by atoms with Crippen molar-refractivity contribution in [1.82, 2.24) is 20.1 Å². The molecule has 2 aliphatic heterocycles. The van der Waals surface area contributed by atoms with Crippen molar-refractivity contribution < 1.29 is 39.2 Å². The number of likely N-dealkylation sites (tertiary alicyclic amines) is 2. The molecule has 3 heterocycles. The maximum Gasteiger partial charge on any atom is 0.347 e. The van der Waals surface area contributed by atoms with E-state index in [4.69, 9.17) is 9.47 Å². The molecule has 0 spiro atoms. The highest BCUT2D eigenvalue weighted by molar-refractivity contribution is 5.95. The molecular weight excluding hydrogens is 825 g/mol. The molecule has 2 fully saturated rings. The number of carbonyl (C=O) groups is 3. The van der Waals surface area contributed by atoms with E-state index in [1.54, 1.807) is 77.7 Å². The number of phenols is 1. The number of ketones is 1. The number of hydrogen-bond acceptors (Lipinski definition) is 11. The molecule has 1 amide bonds. The van der Waals surface area contributed by atoms with E-state index in [0.717, 1.165) is 38.0 Å². The second-order valence-electron chi connectivity index (χ2n) is 17.1. The first-order valence-corrected chi connectivity index (χ1v) is 22.1. The first-order chi connectivity index (χ1) is 31.5. The lowest BCUT2D eigenvalue weighted by Gasteiger charge is -2.39. The van der Waals surface area contributed by atoms with Crippen molar-refractivity contribution in [2.75, 3.05) is 45.9 Å². The maximum atomic E-state index is 13.8. The smallest absolute Gasteiger partial charge is 0.347 e. The maximum absolute atomic E-state index is 13.8. The van der Waals surface area contributed by atoms with Gasteiger partial charge < -0.3 is 40.0 Å². The predicted octanol–water partition coefficient (Wildman–Crippen LogP) is 5.86. The van der Waals surface area contributed by atoms with E-state index in [1.165, 1.54) is 17.7 Å². The lowest BCUT2D eigenvalue weighted by molar-refractivity contribution is -0.164. The monoisotopic (exact) mass is 878 g/mol. The summed E-state index contributed by atoms with van der Waals surface area (Å²) in [7, 11) is 0. The summed E-state index contributed by atoms with van der Waals surface area (Å²) in [6, 6.07) is 38.8. The van der Waals surface area contributed by atoms with Gasteiger partial charge in [0.25, 0.3) is 5.91 Å². The van der Waals surface area contributed by atoms with Crippen molar-refractivity contribution >= 4 is 28.6 Å². The number of esters is 1. The largest absolute Gasteiger partial charge is 0.506 e. The number of phenolic OH excluding ortho intramolecular Hbond substituents is 1. The van der Waals surface area contributed by atoms with E-state index in [9.17, 15) is 34.5 Å². The summed E-state index contributed by atoms with van der Waals surface area (Å²) in [6.45, 7) is 4.23. The highest BCUT2D eigenvalue weighted by Crippen LogP contribution is 2.34. The van der Waals surface area contributed by atoms with Crippen LogP contribution in [0.5, 0.6) is 11.5 Å². The Labute approximate surface area is 377 Å². The molecule has 6 aromatic rings. The first-order valence-electron chi connectivity index (χ1n) is 22.1. The van der Waals surface area contributed by atoms with Gasteiger partial charge in [0.1, 0.15) is 18.1 Å². The number of aromatic nitrogens is 1. The Balaban J connectivity index is 0.780. The first kappa shape index (κ1) is 44.9. The summed E-state index contributed by atoms with van der Waals surface area (Å²) in [4.78, 5) is 58.6. The molecule has 65 heavy (non-hydrogen) atoms. The molecule has 0 saturated carbocycles. The van der Waals surface area contributed by atoms with Gasteiger partial charge in [-0.05, 0) is 90.5 Å². The summed E-state index contributed by atoms with van der Waals surface area (Å²) in [5, 5.41) is 36.9. The van der Waals surface area contributed by atoms with E-state index in [0.29, 0.717) is 47.5 Å². The number of nitrogens with one attached hydrogen (secondary N) is 2. The fourth-order valence-electron chi connectivity index (χ4n) is 8.71. The predicted molar refractivity (Wildman–Crippen MR) is 245 cm³/mol. The standard InChI is InChI=1S/C52H54N4O9/c57-42(26-38-31-56(32-38)50(61)39-16-14-35(15-17-39)28-53-29-47(59)44-18-20-46(58)49-45(44)19-21-48(60)54-49)34-64-43-13-7-12-41(27-43)52(63,40-10-5-2-6-11-40)51(62)65-33-37-22-24-55(25-23-37)30-36-8-3-1-4-9-36/h1-21,27,37-38,47,53,58-59,63H,22-26,28-34H2,(H,54,60)/t47-,52-/m0/s1. The van der Waals surface area contributed by atoms with Gasteiger partial charge in [0, 0.05) is 67.6 Å². The number of ether oxygens (including phenoxy) is 2. The van der Waals surface area contributed by atoms with Crippen LogP contribution in [0.3, 0.4) is 0 Å². The second-order valence-corrected chi connectivity index (χ2v) is 17.1. The number of aliphatic hydroxyl groups excluding tert-OH is 1. The van der Waals surface area contributed by atoms with Crippen LogP contribution in [0.25, 0.3) is 10.9 Å². The fraction of sp³-hybridized carbons (Fsp3) is 0.308. The number of carbonyl (C=O) groups excluding carboxylic acids is 3. The number of pyridine rings is 1. The van der Waals surface area contributed by atoms with Gasteiger partial charge >= 0.3 is 5.97 Å². The zero-order valence-electron chi connectivity index (χ0n) is 36.1. The van der Waals surface area contributed by atoms with Crippen LogP contribution in [-0.4, -0.2) is 93.7 Å². The molecule has 1 aromatic heterocycles. The fourth-order valence-corrected chi connectivity index (χ4v) is 8.71. The van der Waals surface area contributed by atoms with E-state index in [2.05, 4.69) is 27.3 Å². The zero-order chi connectivity index (χ0) is 45.3. The molecule has 5 N–H and O–H groups in total. The van der Waals surface area contributed by atoms with Crippen LogP contribution in [0.1, 0.15) is 63.5 Å². The number of rotatable bonds is 18. The quantitative estimate of drug-likeness (QED) is 0.0653. The molecule has 336 valence electrons. The van der Waals surface area contributed by atoms with Crippen molar-refractivity contribution in [3.8, 4) is 11.5 Å². The van der Waals surface area contributed by atoms with Gasteiger partial charge in [-0.15, -0.1) is 0 Å². The molecule has 0 aliphatic carbocycles. The Morgan fingerprint density at radius 3 is 2.25 bits per heavy atom. The zero-order valence-corrected chi connectivity index (χ0v) is 36.1. The number of aromatic hydroxyl groups is 1. The molecule has 13 heteroatoms. The average Bonchev–Trinajstić information content (AvgIpc) is 3.32.